The zero-order valence-corrected chi connectivity index (χ0v) is 17.1. The van der Waals surface area contributed by atoms with E-state index in [0.717, 1.165) is 29.6 Å². The Morgan fingerprint density at radius 3 is 2.44 bits per heavy atom. The van der Waals surface area contributed by atoms with Gasteiger partial charge in [0.05, 0.1) is 5.52 Å². The molecule has 142 valence electrons. The molecule has 1 heterocycles. The van der Waals surface area contributed by atoms with Crippen molar-refractivity contribution in [3.05, 3.63) is 63.7 Å². The lowest BCUT2D eigenvalue weighted by atomic mass is 10.0. The quantitative estimate of drug-likeness (QED) is 0.616. The van der Waals surface area contributed by atoms with Crippen LogP contribution in [0.1, 0.15) is 26.3 Å². The molecule has 0 spiro atoms. The SMILES string of the molecule is CCN(CC)C(C)Cn1cc2cc(Cl)cc(-c3ccc(C)cc3)c2nc1=O. The molecule has 3 aromatic rings. The molecule has 0 N–H and O–H groups in total. The van der Waals surface area contributed by atoms with Crippen LogP contribution in [0.2, 0.25) is 5.02 Å². The highest BCUT2D eigenvalue weighted by atomic mass is 35.5. The van der Waals surface area contributed by atoms with Crippen molar-refractivity contribution in [2.45, 2.75) is 40.3 Å². The number of aromatic nitrogens is 2. The summed E-state index contributed by atoms with van der Waals surface area (Å²) in [6.07, 6.45) is 1.88. The van der Waals surface area contributed by atoms with E-state index < -0.39 is 0 Å². The Bertz CT molecular complexity index is 991. The van der Waals surface area contributed by atoms with Crippen molar-refractivity contribution < 1.29 is 0 Å². The van der Waals surface area contributed by atoms with Crippen molar-refractivity contribution in [2.24, 2.45) is 0 Å². The minimum Gasteiger partial charge on any atom is -0.299 e. The van der Waals surface area contributed by atoms with Crippen LogP contribution in [0.4, 0.5) is 0 Å². The third kappa shape index (κ3) is 4.23. The van der Waals surface area contributed by atoms with Gasteiger partial charge in [-0.05, 0) is 44.6 Å². The van der Waals surface area contributed by atoms with E-state index >= 15 is 0 Å². The van der Waals surface area contributed by atoms with Gasteiger partial charge in [0.25, 0.3) is 0 Å². The molecule has 0 aliphatic rings. The fourth-order valence-electron chi connectivity index (χ4n) is 3.56. The average Bonchev–Trinajstić information content (AvgIpc) is 2.64. The van der Waals surface area contributed by atoms with Gasteiger partial charge in [0.1, 0.15) is 0 Å². The van der Waals surface area contributed by atoms with Crippen molar-refractivity contribution in [2.75, 3.05) is 13.1 Å². The van der Waals surface area contributed by atoms with E-state index in [-0.39, 0.29) is 11.7 Å². The summed E-state index contributed by atoms with van der Waals surface area (Å²) in [5.74, 6) is 0. The van der Waals surface area contributed by atoms with E-state index in [9.17, 15) is 4.79 Å². The second-order valence-corrected chi connectivity index (χ2v) is 7.44. The van der Waals surface area contributed by atoms with E-state index in [1.54, 1.807) is 4.57 Å². The summed E-state index contributed by atoms with van der Waals surface area (Å²) in [5, 5.41) is 1.52. The predicted octanol–water partition coefficient (Wildman–Crippen LogP) is 4.76. The van der Waals surface area contributed by atoms with Gasteiger partial charge >= 0.3 is 5.69 Å². The van der Waals surface area contributed by atoms with Crippen molar-refractivity contribution in [3.63, 3.8) is 0 Å². The fraction of sp³-hybridized carbons (Fsp3) is 0.364. The lowest BCUT2D eigenvalue weighted by molar-refractivity contribution is 0.209. The van der Waals surface area contributed by atoms with Crippen LogP contribution >= 0.6 is 11.6 Å². The van der Waals surface area contributed by atoms with E-state index in [1.165, 1.54) is 5.56 Å². The Morgan fingerprint density at radius 2 is 1.81 bits per heavy atom. The lowest BCUT2D eigenvalue weighted by Gasteiger charge is -2.26. The first kappa shape index (κ1) is 19.6. The normalized spacial score (nSPS) is 12.7. The first-order chi connectivity index (χ1) is 12.9. The number of halogens is 1. The van der Waals surface area contributed by atoms with Gasteiger partial charge in [0.2, 0.25) is 0 Å². The molecule has 0 aliphatic carbocycles. The van der Waals surface area contributed by atoms with Crippen LogP contribution in [0, 0.1) is 6.92 Å². The minimum atomic E-state index is -0.225. The van der Waals surface area contributed by atoms with Crippen LogP contribution < -0.4 is 5.69 Å². The summed E-state index contributed by atoms with van der Waals surface area (Å²) in [4.78, 5) is 19.4. The molecule has 2 aromatic carbocycles. The minimum absolute atomic E-state index is 0.225. The second kappa shape index (κ2) is 8.24. The molecular formula is C22H26ClN3O. The van der Waals surface area contributed by atoms with E-state index in [0.29, 0.717) is 17.1 Å². The van der Waals surface area contributed by atoms with Crippen molar-refractivity contribution >= 4 is 22.5 Å². The van der Waals surface area contributed by atoms with Gasteiger partial charge in [-0.2, -0.15) is 4.98 Å². The highest BCUT2D eigenvalue weighted by Gasteiger charge is 2.14. The highest BCUT2D eigenvalue weighted by Crippen LogP contribution is 2.30. The molecule has 0 amide bonds. The molecule has 3 rings (SSSR count). The zero-order chi connectivity index (χ0) is 19.6. The van der Waals surface area contributed by atoms with Gasteiger partial charge in [0, 0.05) is 34.8 Å². The summed E-state index contributed by atoms with van der Waals surface area (Å²) in [7, 11) is 0. The third-order valence-corrected chi connectivity index (χ3v) is 5.33. The van der Waals surface area contributed by atoms with Gasteiger partial charge < -0.3 is 0 Å². The summed E-state index contributed by atoms with van der Waals surface area (Å²) in [6, 6.07) is 12.2. The Labute approximate surface area is 165 Å². The third-order valence-electron chi connectivity index (χ3n) is 5.11. The maximum absolute atomic E-state index is 12.7. The monoisotopic (exact) mass is 383 g/mol. The molecule has 0 aliphatic heterocycles. The Balaban J connectivity index is 2.08. The van der Waals surface area contributed by atoms with Crippen molar-refractivity contribution in [1.29, 1.82) is 0 Å². The first-order valence-electron chi connectivity index (χ1n) is 9.44. The smallest absolute Gasteiger partial charge is 0.299 e. The number of rotatable bonds is 6. The lowest BCUT2D eigenvalue weighted by Crippen LogP contribution is -2.38. The average molecular weight is 384 g/mol. The Morgan fingerprint density at radius 1 is 1.15 bits per heavy atom. The van der Waals surface area contributed by atoms with Gasteiger partial charge in [-0.25, -0.2) is 4.79 Å². The second-order valence-electron chi connectivity index (χ2n) is 7.00. The number of hydrogen-bond acceptors (Lipinski definition) is 3. The number of aryl methyl sites for hydroxylation is 1. The first-order valence-corrected chi connectivity index (χ1v) is 9.82. The van der Waals surface area contributed by atoms with Crippen LogP contribution in [0.5, 0.6) is 0 Å². The largest absolute Gasteiger partial charge is 0.348 e. The molecule has 0 saturated carbocycles. The van der Waals surface area contributed by atoms with Gasteiger partial charge in [-0.15, -0.1) is 0 Å². The molecule has 0 radical (unpaired) electrons. The maximum atomic E-state index is 12.7. The molecule has 0 fully saturated rings. The van der Waals surface area contributed by atoms with Crippen LogP contribution in [-0.4, -0.2) is 33.6 Å². The molecule has 1 atom stereocenters. The van der Waals surface area contributed by atoms with Crippen molar-refractivity contribution in [1.82, 2.24) is 14.5 Å². The summed E-state index contributed by atoms with van der Waals surface area (Å²) in [5.41, 5.74) is 3.55. The number of hydrogen-bond donors (Lipinski definition) is 0. The topological polar surface area (TPSA) is 38.1 Å². The zero-order valence-electron chi connectivity index (χ0n) is 16.4. The van der Waals surface area contributed by atoms with Crippen LogP contribution in [-0.2, 0) is 6.54 Å². The van der Waals surface area contributed by atoms with Crippen LogP contribution in [0.25, 0.3) is 22.0 Å². The fourth-order valence-corrected chi connectivity index (χ4v) is 3.78. The summed E-state index contributed by atoms with van der Waals surface area (Å²) < 4.78 is 1.70. The van der Waals surface area contributed by atoms with Gasteiger partial charge in [0.15, 0.2) is 0 Å². The number of likely N-dealkylation sites (N-methyl/N-ethyl adjacent to an activating group) is 1. The van der Waals surface area contributed by atoms with Crippen LogP contribution in [0.3, 0.4) is 0 Å². The van der Waals surface area contributed by atoms with E-state index in [1.807, 2.05) is 37.4 Å². The Kier molecular flexibility index (Phi) is 5.98. The predicted molar refractivity (Wildman–Crippen MR) is 114 cm³/mol. The Hall–Kier alpha value is -2.17. The molecule has 1 aromatic heterocycles. The highest BCUT2D eigenvalue weighted by molar-refractivity contribution is 6.31. The number of benzene rings is 2. The molecule has 0 bridgehead atoms. The summed E-state index contributed by atoms with van der Waals surface area (Å²) >= 11 is 6.37. The summed E-state index contributed by atoms with van der Waals surface area (Å²) in [6.45, 7) is 11.0. The maximum Gasteiger partial charge on any atom is 0.348 e. The number of nitrogens with zero attached hydrogens (tertiary/aromatic N) is 3. The van der Waals surface area contributed by atoms with E-state index in [4.69, 9.17) is 11.6 Å². The number of fused-ring (bicyclic) bond motifs is 1. The van der Waals surface area contributed by atoms with Crippen molar-refractivity contribution in [3.8, 4) is 11.1 Å². The van der Waals surface area contributed by atoms with E-state index in [2.05, 4.69) is 42.8 Å². The molecule has 1 unspecified atom stereocenters. The molecule has 5 heteroatoms. The molecule has 4 nitrogen and oxygen atoms in total. The molecular weight excluding hydrogens is 358 g/mol. The van der Waals surface area contributed by atoms with Gasteiger partial charge in [-0.1, -0.05) is 55.3 Å². The van der Waals surface area contributed by atoms with Gasteiger partial charge in [-0.3, -0.25) is 9.47 Å². The molecule has 27 heavy (non-hydrogen) atoms. The molecule has 0 saturated heterocycles. The standard InChI is InChI=1S/C22H26ClN3O/c1-5-25(6-2)16(4)13-26-14-18-11-19(23)12-20(21(18)24-22(26)27)17-9-7-15(3)8-10-17/h7-12,14,16H,5-6,13H2,1-4H3. The van der Waals surface area contributed by atoms with Crippen LogP contribution in [0.15, 0.2) is 47.4 Å².